The van der Waals surface area contributed by atoms with Crippen molar-refractivity contribution >= 4 is 17.8 Å². The van der Waals surface area contributed by atoms with Gasteiger partial charge >= 0.3 is 0 Å². The predicted octanol–water partition coefficient (Wildman–Crippen LogP) is 2.78. The van der Waals surface area contributed by atoms with E-state index in [1.54, 1.807) is 0 Å². The summed E-state index contributed by atoms with van der Waals surface area (Å²) in [5, 5.41) is 2.71. The zero-order chi connectivity index (χ0) is 21.1. The Bertz CT molecular complexity index is 910. The number of hydrogen-bond acceptors (Lipinski definition) is 5. The quantitative estimate of drug-likeness (QED) is 0.829. The largest absolute Gasteiger partial charge is 0.370 e. The van der Waals surface area contributed by atoms with E-state index in [2.05, 4.69) is 15.3 Å². The van der Waals surface area contributed by atoms with Gasteiger partial charge in [0.2, 0.25) is 17.8 Å². The van der Waals surface area contributed by atoms with Gasteiger partial charge in [-0.3, -0.25) is 14.9 Å². The van der Waals surface area contributed by atoms with E-state index < -0.39 is 11.6 Å². The highest BCUT2D eigenvalue weighted by atomic mass is 19.1. The first-order valence-electron chi connectivity index (χ1n) is 9.96. The molecule has 0 spiro atoms. The lowest BCUT2D eigenvalue weighted by Crippen LogP contribution is -2.49. The molecule has 1 aliphatic heterocycles. The van der Waals surface area contributed by atoms with Gasteiger partial charge in [0.15, 0.2) is 0 Å². The second kappa shape index (κ2) is 8.83. The summed E-state index contributed by atoms with van der Waals surface area (Å²) >= 11 is 0. The summed E-state index contributed by atoms with van der Waals surface area (Å²) < 4.78 is 31.9. The van der Waals surface area contributed by atoms with E-state index in [4.69, 9.17) is 4.74 Å². The average molecular weight is 416 g/mol. The summed E-state index contributed by atoms with van der Waals surface area (Å²) in [5.41, 5.74) is 0.767. The van der Waals surface area contributed by atoms with Gasteiger partial charge in [-0.05, 0) is 43.4 Å². The molecule has 1 aromatic carbocycles. The molecule has 2 amide bonds. The molecular formula is C21H22F2N4O3. The molecule has 2 fully saturated rings. The number of aromatic nitrogens is 2. The zero-order valence-electron chi connectivity index (χ0n) is 16.3. The van der Waals surface area contributed by atoms with Crippen molar-refractivity contribution in [2.45, 2.75) is 31.7 Å². The molecule has 1 saturated heterocycles. The number of anilines is 1. The molecule has 0 bridgehead atoms. The number of nitrogens with zero attached hydrogens (tertiary/aromatic N) is 3. The number of amides is 2. The number of morpholine rings is 1. The number of benzene rings is 1. The van der Waals surface area contributed by atoms with Gasteiger partial charge in [-0.2, -0.15) is 0 Å². The van der Waals surface area contributed by atoms with Crippen LogP contribution in [0.1, 0.15) is 25.7 Å². The van der Waals surface area contributed by atoms with Crippen LogP contribution in [0.25, 0.3) is 11.1 Å². The monoisotopic (exact) mass is 416 g/mol. The van der Waals surface area contributed by atoms with Crippen LogP contribution >= 0.6 is 0 Å². The summed E-state index contributed by atoms with van der Waals surface area (Å²) in [5.74, 6) is -1.54. The second-order valence-electron chi connectivity index (χ2n) is 7.59. The van der Waals surface area contributed by atoms with Crippen LogP contribution in [0.15, 0.2) is 30.6 Å². The Hall–Kier alpha value is -2.94. The van der Waals surface area contributed by atoms with Crippen LogP contribution in [-0.2, 0) is 14.3 Å². The third-order valence-corrected chi connectivity index (χ3v) is 5.61. The van der Waals surface area contributed by atoms with Crippen LogP contribution in [-0.4, -0.2) is 52.5 Å². The molecule has 9 heteroatoms. The maximum atomic E-state index is 13.4. The molecule has 2 aromatic rings. The molecule has 158 valence electrons. The van der Waals surface area contributed by atoms with Gasteiger partial charge in [0.25, 0.3) is 0 Å². The van der Waals surface area contributed by atoms with Crippen LogP contribution < -0.4 is 5.32 Å². The van der Waals surface area contributed by atoms with E-state index >= 15 is 0 Å². The Morgan fingerprint density at radius 2 is 1.70 bits per heavy atom. The summed E-state index contributed by atoms with van der Waals surface area (Å²) in [4.78, 5) is 34.6. The average Bonchev–Trinajstić information content (AvgIpc) is 2.74. The lowest BCUT2D eigenvalue weighted by atomic mass is 9.84. The molecule has 2 heterocycles. The number of hydrogen-bond donors (Lipinski definition) is 1. The predicted molar refractivity (Wildman–Crippen MR) is 104 cm³/mol. The first-order valence-corrected chi connectivity index (χ1v) is 9.96. The Morgan fingerprint density at radius 1 is 1.03 bits per heavy atom. The van der Waals surface area contributed by atoms with Crippen molar-refractivity contribution in [3.63, 3.8) is 0 Å². The Balaban J connectivity index is 1.32. The highest BCUT2D eigenvalue weighted by Crippen LogP contribution is 2.29. The molecule has 0 radical (unpaired) electrons. The molecule has 1 saturated carbocycles. The third kappa shape index (κ3) is 4.62. The smallest absolute Gasteiger partial charge is 0.248 e. The first-order chi connectivity index (χ1) is 14.5. The minimum atomic E-state index is -0.684. The maximum Gasteiger partial charge on any atom is 0.248 e. The fourth-order valence-electron chi connectivity index (χ4n) is 4.04. The van der Waals surface area contributed by atoms with E-state index in [9.17, 15) is 18.4 Å². The van der Waals surface area contributed by atoms with Crippen LogP contribution in [0.5, 0.6) is 0 Å². The summed E-state index contributed by atoms with van der Waals surface area (Å²) in [6.45, 7) is 1.30. The molecule has 30 heavy (non-hydrogen) atoms. The van der Waals surface area contributed by atoms with Gasteiger partial charge in [-0.25, -0.2) is 18.7 Å². The number of carbonyl (C=O) groups excluding carboxylic acids is 2. The fraction of sp³-hybridized carbons (Fsp3) is 0.429. The number of carbonyl (C=O) groups is 2. The third-order valence-electron chi connectivity index (χ3n) is 5.61. The first kappa shape index (κ1) is 20.3. The fourth-order valence-corrected chi connectivity index (χ4v) is 4.04. The molecule has 2 aliphatic rings. The van der Waals surface area contributed by atoms with Crippen molar-refractivity contribution in [1.82, 2.24) is 14.9 Å². The summed E-state index contributed by atoms with van der Waals surface area (Å²) in [6.07, 6.45) is 5.74. The lowest BCUT2D eigenvalue weighted by Gasteiger charge is -2.38. The van der Waals surface area contributed by atoms with Crippen molar-refractivity contribution in [2.24, 2.45) is 5.92 Å². The number of rotatable bonds is 4. The normalized spacial score (nSPS) is 22.1. The molecular weight excluding hydrogens is 394 g/mol. The Morgan fingerprint density at radius 3 is 2.33 bits per heavy atom. The molecule has 4 rings (SSSR count). The minimum Gasteiger partial charge on any atom is -0.370 e. The van der Waals surface area contributed by atoms with Gasteiger partial charge in [-0.1, -0.05) is 0 Å². The van der Waals surface area contributed by atoms with E-state index in [1.807, 2.05) is 4.90 Å². The van der Waals surface area contributed by atoms with E-state index in [1.165, 1.54) is 24.5 Å². The van der Waals surface area contributed by atoms with Crippen molar-refractivity contribution in [1.29, 1.82) is 0 Å². The molecule has 1 aliphatic carbocycles. The zero-order valence-corrected chi connectivity index (χ0v) is 16.3. The van der Waals surface area contributed by atoms with Crippen molar-refractivity contribution in [3.8, 4) is 11.1 Å². The van der Waals surface area contributed by atoms with Crippen molar-refractivity contribution < 1.29 is 23.1 Å². The molecule has 1 aromatic heterocycles. The standard InChI is InChI=1S/C21H22F2N4O3/c22-16-7-14(8-17(23)9-16)15-10-24-21(25-11-15)26-20(29)13-1-3-18(4-2-13)27-5-6-30-12-19(27)28/h7-11,13,18H,1-6,12H2,(H,24,25,26,29)/t13-,18+. The topological polar surface area (TPSA) is 84.4 Å². The lowest BCUT2D eigenvalue weighted by molar-refractivity contribution is -0.146. The SMILES string of the molecule is O=C1COCCN1[C@H]1CC[C@@H](C(=O)Nc2ncc(-c3cc(F)cc(F)c3)cn2)CC1. The number of nitrogens with one attached hydrogen (secondary N) is 1. The highest BCUT2D eigenvalue weighted by molar-refractivity contribution is 5.91. The van der Waals surface area contributed by atoms with E-state index in [0.717, 1.165) is 18.9 Å². The Kier molecular flexibility index (Phi) is 5.98. The van der Waals surface area contributed by atoms with E-state index in [-0.39, 0.29) is 36.3 Å². The van der Waals surface area contributed by atoms with Gasteiger partial charge in [0.1, 0.15) is 18.2 Å². The molecule has 1 N–H and O–H groups in total. The summed E-state index contributed by atoms with van der Waals surface area (Å²) in [7, 11) is 0. The molecule has 0 unspecified atom stereocenters. The highest BCUT2D eigenvalue weighted by Gasteiger charge is 2.33. The van der Waals surface area contributed by atoms with Crippen LogP contribution in [0.4, 0.5) is 14.7 Å². The second-order valence-corrected chi connectivity index (χ2v) is 7.59. The van der Waals surface area contributed by atoms with Crippen molar-refractivity contribution in [2.75, 3.05) is 25.1 Å². The van der Waals surface area contributed by atoms with Crippen LogP contribution in [0.3, 0.4) is 0 Å². The number of ether oxygens (including phenoxy) is 1. The number of halogens is 2. The maximum absolute atomic E-state index is 13.4. The Labute approximate surface area is 172 Å². The van der Waals surface area contributed by atoms with Gasteiger partial charge < -0.3 is 9.64 Å². The van der Waals surface area contributed by atoms with Crippen molar-refractivity contribution in [3.05, 3.63) is 42.2 Å². The minimum absolute atomic E-state index is 0.0146. The van der Waals surface area contributed by atoms with Gasteiger partial charge in [-0.15, -0.1) is 0 Å². The summed E-state index contributed by atoms with van der Waals surface area (Å²) in [6, 6.07) is 3.34. The van der Waals surface area contributed by atoms with E-state index in [0.29, 0.717) is 37.1 Å². The van der Waals surface area contributed by atoms with Crippen LogP contribution in [0, 0.1) is 17.6 Å². The molecule has 0 atom stereocenters. The molecule has 7 nitrogen and oxygen atoms in total. The van der Waals surface area contributed by atoms with Gasteiger partial charge in [0.05, 0.1) is 6.61 Å². The van der Waals surface area contributed by atoms with Gasteiger partial charge in [0, 0.05) is 42.5 Å². The van der Waals surface area contributed by atoms with Crippen LogP contribution in [0.2, 0.25) is 0 Å².